The molecule has 2 aromatic carbocycles. The molecule has 6 nitrogen and oxygen atoms in total. The SMILES string of the molecule is O=C1c2c(Cl)cc(N3CCN(c4ccncc4)CC3)cc2CN1Cc1ccc(OC(F)(F)F)cc1. The van der Waals surface area contributed by atoms with Crippen molar-refractivity contribution < 1.29 is 22.7 Å². The Balaban J connectivity index is 1.25. The van der Waals surface area contributed by atoms with Gasteiger partial charge in [0, 0.05) is 63.0 Å². The highest BCUT2D eigenvalue weighted by Gasteiger charge is 2.32. The summed E-state index contributed by atoms with van der Waals surface area (Å²) in [6.07, 6.45) is -1.17. The number of ether oxygens (including phenoxy) is 1. The van der Waals surface area contributed by atoms with E-state index in [0.717, 1.165) is 43.1 Å². The van der Waals surface area contributed by atoms with Crippen LogP contribution < -0.4 is 14.5 Å². The van der Waals surface area contributed by atoms with Crippen LogP contribution in [0.1, 0.15) is 21.5 Å². The summed E-state index contributed by atoms with van der Waals surface area (Å²) in [5.74, 6) is -0.483. The molecule has 10 heteroatoms. The number of halogens is 4. The van der Waals surface area contributed by atoms with Gasteiger partial charge in [-0.3, -0.25) is 9.78 Å². The van der Waals surface area contributed by atoms with Crippen molar-refractivity contribution in [2.24, 2.45) is 0 Å². The number of benzene rings is 2. The molecule has 2 aliphatic heterocycles. The first kappa shape index (κ1) is 23.3. The Bertz CT molecular complexity index is 1210. The van der Waals surface area contributed by atoms with Crippen LogP contribution in [0.5, 0.6) is 5.75 Å². The topological polar surface area (TPSA) is 48.9 Å². The molecule has 0 atom stereocenters. The second kappa shape index (κ2) is 9.30. The van der Waals surface area contributed by atoms with Crippen molar-refractivity contribution >= 4 is 28.9 Å². The second-order valence-electron chi connectivity index (χ2n) is 8.49. The molecule has 0 saturated carbocycles. The van der Waals surface area contributed by atoms with Crippen LogP contribution in [0.2, 0.25) is 5.02 Å². The zero-order chi connectivity index (χ0) is 24.6. The fourth-order valence-electron chi connectivity index (χ4n) is 4.55. The lowest BCUT2D eigenvalue weighted by Crippen LogP contribution is -2.46. The van der Waals surface area contributed by atoms with Gasteiger partial charge in [0.1, 0.15) is 5.75 Å². The molecule has 1 fully saturated rings. The highest BCUT2D eigenvalue weighted by molar-refractivity contribution is 6.34. The molecule has 1 amide bonds. The number of nitrogens with zero attached hydrogens (tertiary/aromatic N) is 4. The van der Waals surface area contributed by atoms with Crippen LogP contribution in [0.25, 0.3) is 0 Å². The lowest BCUT2D eigenvalue weighted by Gasteiger charge is -2.37. The molecule has 1 saturated heterocycles. The number of alkyl halides is 3. The number of anilines is 2. The van der Waals surface area contributed by atoms with Crippen LogP contribution in [0.3, 0.4) is 0 Å². The van der Waals surface area contributed by atoms with Crippen LogP contribution in [0, 0.1) is 0 Å². The van der Waals surface area contributed by atoms with Gasteiger partial charge < -0.3 is 19.4 Å². The van der Waals surface area contributed by atoms with Crippen molar-refractivity contribution in [3.05, 3.63) is 82.6 Å². The lowest BCUT2D eigenvalue weighted by atomic mass is 10.1. The lowest BCUT2D eigenvalue weighted by molar-refractivity contribution is -0.274. The van der Waals surface area contributed by atoms with Crippen molar-refractivity contribution in [3.63, 3.8) is 0 Å². The Kier molecular flexibility index (Phi) is 6.19. The number of amides is 1. The summed E-state index contributed by atoms with van der Waals surface area (Å²) >= 11 is 6.55. The molecular weight excluding hydrogens is 481 g/mol. The summed E-state index contributed by atoms with van der Waals surface area (Å²) < 4.78 is 41.0. The predicted molar refractivity (Wildman–Crippen MR) is 127 cm³/mol. The van der Waals surface area contributed by atoms with E-state index in [1.165, 1.54) is 24.3 Å². The number of pyridine rings is 1. The summed E-state index contributed by atoms with van der Waals surface area (Å²) in [7, 11) is 0. The molecule has 0 radical (unpaired) electrons. The number of hydrogen-bond donors (Lipinski definition) is 0. The molecule has 1 aromatic heterocycles. The summed E-state index contributed by atoms with van der Waals surface area (Å²) in [5, 5.41) is 0.412. The van der Waals surface area contributed by atoms with Gasteiger partial charge in [-0.05, 0) is 47.5 Å². The molecule has 35 heavy (non-hydrogen) atoms. The smallest absolute Gasteiger partial charge is 0.406 e. The van der Waals surface area contributed by atoms with E-state index in [1.807, 2.05) is 24.3 Å². The number of carbonyl (C=O) groups is 1. The van der Waals surface area contributed by atoms with E-state index in [-0.39, 0.29) is 18.2 Å². The van der Waals surface area contributed by atoms with Gasteiger partial charge in [0.2, 0.25) is 0 Å². The Labute approximate surface area is 205 Å². The minimum atomic E-state index is -4.74. The van der Waals surface area contributed by atoms with Crippen LogP contribution >= 0.6 is 11.6 Å². The maximum Gasteiger partial charge on any atom is 0.573 e. The van der Waals surface area contributed by atoms with Crippen molar-refractivity contribution in [1.29, 1.82) is 0 Å². The van der Waals surface area contributed by atoms with E-state index in [2.05, 4.69) is 19.5 Å². The monoisotopic (exact) mass is 502 g/mol. The molecule has 5 rings (SSSR count). The highest BCUT2D eigenvalue weighted by Crippen LogP contribution is 2.35. The van der Waals surface area contributed by atoms with Gasteiger partial charge in [-0.2, -0.15) is 0 Å². The van der Waals surface area contributed by atoms with E-state index in [0.29, 0.717) is 22.7 Å². The molecule has 0 spiro atoms. The largest absolute Gasteiger partial charge is 0.573 e. The van der Waals surface area contributed by atoms with Gasteiger partial charge >= 0.3 is 6.36 Å². The predicted octanol–water partition coefficient (Wildman–Crippen LogP) is 5.12. The van der Waals surface area contributed by atoms with E-state index < -0.39 is 6.36 Å². The maximum absolute atomic E-state index is 13.0. The molecule has 3 heterocycles. The van der Waals surface area contributed by atoms with Crippen molar-refractivity contribution in [3.8, 4) is 5.75 Å². The number of fused-ring (bicyclic) bond motifs is 1. The van der Waals surface area contributed by atoms with Crippen LogP contribution in [0.15, 0.2) is 60.9 Å². The third-order valence-corrected chi connectivity index (χ3v) is 6.52. The first-order valence-electron chi connectivity index (χ1n) is 11.1. The zero-order valence-electron chi connectivity index (χ0n) is 18.6. The standard InChI is InChI=1S/C25H22ClF3N4O2/c26-22-14-20(32-11-9-31(10-12-32)19-5-7-30-8-6-19)13-18-16-33(24(34)23(18)22)15-17-1-3-21(4-2-17)35-25(27,28)29/h1-8,13-14H,9-12,15-16H2. The maximum atomic E-state index is 13.0. The fraction of sp³-hybridized carbons (Fsp3) is 0.280. The number of hydrogen-bond acceptors (Lipinski definition) is 5. The van der Waals surface area contributed by atoms with E-state index in [9.17, 15) is 18.0 Å². The number of carbonyl (C=O) groups excluding carboxylic acids is 1. The molecule has 182 valence electrons. The van der Waals surface area contributed by atoms with Crippen LogP contribution in [-0.2, 0) is 13.1 Å². The zero-order valence-corrected chi connectivity index (χ0v) is 19.4. The summed E-state index contributed by atoms with van der Waals surface area (Å²) in [6, 6.07) is 13.4. The number of piperazine rings is 1. The molecule has 0 unspecified atom stereocenters. The molecule has 0 aliphatic carbocycles. The van der Waals surface area contributed by atoms with Gasteiger partial charge in [0.15, 0.2) is 0 Å². The normalized spacial score (nSPS) is 16.0. The quantitative estimate of drug-likeness (QED) is 0.485. The van der Waals surface area contributed by atoms with Gasteiger partial charge in [-0.15, -0.1) is 13.2 Å². The molecule has 0 bridgehead atoms. The van der Waals surface area contributed by atoms with E-state index in [4.69, 9.17) is 11.6 Å². The van der Waals surface area contributed by atoms with Crippen LogP contribution in [-0.4, -0.2) is 48.3 Å². The first-order chi connectivity index (χ1) is 16.8. The van der Waals surface area contributed by atoms with Crippen LogP contribution in [0.4, 0.5) is 24.5 Å². The van der Waals surface area contributed by atoms with E-state index in [1.54, 1.807) is 17.3 Å². The Morgan fingerprint density at radius 2 is 1.54 bits per heavy atom. The third kappa shape index (κ3) is 5.14. The summed E-state index contributed by atoms with van der Waals surface area (Å²) in [6.45, 7) is 4.01. The van der Waals surface area contributed by atoms with Gasteiger partial charge in [0.25, 0.3) is 5.91 Å². The van der Waals surface area contributed by atoms with Gasteiger partial charge in [-0.1, -0.05) is 23.7 Å². The average Bonchev–Trinajstić information content (AvgIpc) is 3.15. The number of aromatic nitrogens is 1. The van der Waals surface area contributed by atoms with Crippen molar-refractivity contribution in [2.45, 2.75) is 19.5 Å². The fourth-order valence-corrected chi connectivity index (χ4v) is 4.87. The molecule has 3 aromatic rings. The van der Waals surface area contributed by atoms with Crippen molar-refractivity contribution in [2.75, 3.05) is 36.0 Å². The average molecular weight is 503 g/mol. The highest BCUT2D eigenvalue weighted by atomic mass is 35.5. The van der Waals surface area contributed by atoms with Gasteiger partial charge in [0.05, 0.1) is 10.6 Å². The van der Waals surface area contributed by atoms with E-state index >= 15 is 0 Å². The summed E-state index contributed by atoms with van der Waals surface area (Å²) in [4.78, 5) is 23.3. The Morgan fingerprint density at radius 1 is 0.914 bits per heavy atom. The first-order valence-corrected chi connectivity index (χ1v) is 11.5. The Morgan fingerprint density at radius 3 is 2.17 bits per heavy atom. The Hall–Kier alpha value is -3.46. The second-order valence-corrected chi connectivity index (χ2v) is 8.90. The van der Waals surface area contributed by atoms with Crippen molar-refractivity contribution in [1.82, 2.24) is 9.88 Å². The number of rotatable bonds is 5. The molecule has 2 aliphatic rings. The minimum Gasteiger partial charge on any atom is -0.406 e. The minimum absolute atomic E-state index is 0.185. The summed E-state index contributed by atoms with van der Waals surface area (Å²) in [5.41, 5.74) is 4.16. The molecule has 0 N–H and O–H groups in total. The third-order valence-electron chi connectivity index (χ3n) is 6.22. The van der Waals surface area contributed by atoms with Gasteiger partial charge in [-0.25, -0.2) is 0 Å². The molecular formula is C25H22ClF3N4O2.